The molecule has 1 unspecified atom stereocenters. The van der Waals surface area contributed by atoms with Crippen molar-refractivity contribution in [1.82, 2.24) is 10.3 Å². The van der Waals surface area contributed by atoms with E-state index in [0.717, 1.165) is 25.1 Å². The van der Waals surface area contributed by atoms with E-state index in [9.17, 15) is 4.39 Å². The fraction of sp³-hybridized carbons (Fsp3) is 0.545. The second-order valence-electron chi connectivity index (χ2n) is 3.32. The molecule has 0 saturated heterocycles. The molecule has 1 atom stereocenters. The third kappa shape index (κ3) is 3.07. The number of hydrogen-bond donors (Lipinski definition) is 1. The minimum atomic E-state index is -0.279. The van der Waals surface area contributed by atoms with Crippen LogP contribution >= 0.6 is 0 Å². The van der Waals surface area contributed by atoms with E-state index < -0.39 is 0 Å². The van der Waals surface area contributed by atoms with Gasteiger partial charge in [-0.15, -0.1) is 0 Å². The van der Waals surface area contributed by atoms with Crippen LogP contribution in [-0.4, -0.2) is 11.5 Å². The van der Waals surface area contributed by atoms with Crippen LogP contribution in [0.3, 0.4) is 0 Å². The monoisotopic (exact) mass is 196 g/mol. The van der Waals surface area contributed by atoms with E-state index in [-0.39, 0.29) is 11.9 Å². The molecule has 0 amide bonds. The van der Waals surface area contributed by atoms with Gasteiger partial charge in [0.1, 0.15) is 5.82 Å². The van der Waals surface area contributed by atoms with Gasteiger partial charge in [-0.2, -0.15) is 0 Å². The van der Waals surface area contributed by atoms with Crippen molar-refractivity contribution in [3.63, 3.8) is 0 Å². The zero-order chi connectivity index (χ0) is 10.4. The molecule has 0 aliphatic heterocycles. The summed E-state index contributed by atoms with van der Waals surface area (Å²) < 4.78 is 12.6. The molecule has 0 aliphatic rings. The van der Waals surface area contributed by atoms with Crippen LogP contribution < -0.4 is 5.32 Å². The Morgan fingerprint density at radius 2 is 2.21 bits per heavy atom. The van der Waals surface area contributed by atoms with Crippen molar-refractivity contribution in [2.75, 3.05) is 6.54 Å². The summed E-state index contributed by atoms with van der Waals surface area (Å²) >= 11 is 0. The highest BCUT2D eigenvalue weighted by Crippen LogP contribution is 2.13. The Balaban J connectivity index is 2.64. The van der Waals surface area contributed by atoms with Gasteiger partial charge in [-0.05, 0) is 31.5 Å². The van der Waals surface area contributed by atoms with Crippen LogP contribution in [0.1, 0.15) is 38.4 Å². The number of nitrogens with zero attached hydrogens (tertiary/aromatic N) is 1. The lowest BCUT2D eigenvalue weighted by Crippen LogP contribution is -2.22. The summed E-state index contributed by atoms with van der Waals surface area (Å²) in [5, 5.41) is 3.37. The maximum absolute atomic E-state index is 12.6. The largest absolute Gasteiger partial charge is 0.309 e. The zero-order valence-electron chi connectivity index (χ0n) is 8.76. The molecular weight excluding hydrogens is 179 g/mol. The van der Waals surface area contributed by atoms with Crippen LogP contribution in [0, 0.1) is 5.82 Å². The summed E-state index contributed by atoms with van der Waals surface area (Å²) in [6.45, 7) is 5.19. The molecule has 1 rings (SSSR count). The van der Waals surface area contributed by atoms with Crippen molar-refractivity contribution in [1.29, 1.82) is 0 Å². The molecule has 14 heavy (non-hydrogen) atoms. The van der Waals surface area contributed by atoms with Gasteiger partial charge in [0.05, 0.1) is 11.9 Å². The smallest absolute Gasteiger partial charge is 0.141 e. The normalized spacial score (nSPS) is 12.8. The molecular formula is C11H17FN2. The summed E-state index contributed by atoms with van der Waals surface area (Å²) in [5.41, 5.74) is 0.919. The minimum absolute atomic E-state index is 0.246. The average Bonchev–Trinajstić information content (AvgIpc) is 2.21. The lowest BCUT2D eigenvalue weighted by Gasteiger charge is -2.15. The summed E-state index contributed by atoms with van der Waals surface area (Å²) in [7, 11) is 0. The van der Waals surface area contributed by atoms with Crippen LogP contribution in [0.15, 0.2) is 18.3 Å². The van der Waals surface area contributed by atoms with Crippen molar-refractivity contribution in [2.24, 2.45) is 0 Å². The first-order valence-corrected chi connectivity index (χ1v) is 5.12. The number of aromatic nitrogens is 1. The van der Waals surface area contributed by atoms with Gasteiger partial charge in [0.2, 0.25) is 0 Å². The fourth-order valence-electron chi connectivity index (χ4n) is 1.37. The Hall–Kier alpha value is -0.960. The summed E-state index contributed by atoms with van der Waals surface area (Å²) in [6, 6.07) is 3.45. The predicted molar refractivity (Wildman–Crippen MR) is 55.5 cm³/mol. The highest BCUT2D eigenvalue weighted by molar-refractivity contribution is 5.09. The lowest BCUT2D eigenvalue weighted by molar-refractivity contribution is 0.504. The maximum Gasteiger partial charge on any atom is 0.141 e. The van der Waals surface area contributed by atoms with E-state index in [1.165, 1.54) is 12.3 Å². The highest BCUT2D eigenvalue weighted by atomic mass is 19.1. The van der Waals surface area contributed by atoms with Crippen LogP contribution in [-0.2, 0) is 0 Å². The van der Waals surface area contributed by atoms with Gasteiger partial charge in [0.15, 0.2) is 0 Å². The van der Waals surface area contributed by atoms with E-state index in [4.69, 9.17) is 0 Å². The SMILES string of the molecule is CCCNC(CC)c1ccc(F)cn1. The summed E-state index contributed by atoms with van der Waals surface area (Å²) in [4.78, 5) is 4.06. The van der Waals surface area contributed by atoms with Gasteiger partial charge in [-0.1, -0.05) is 13.8 Å². The molecule has 0 spiro atoms. The third-order valence-corrected chi connectivity index (χ3v) is 2.16. The number of rotatable bonds is 5. The molecule has 0 aliphatic carbocycles. The quantitative estimate of drug-likeness (QED) is 0.783. The van der Waals surface area contributed by atoms with E-state index in [2.05, 4.69) is 24.1 Å². The molecule has 2 nitrogen and oxygen atoms in total. The van der Waals surface area contributed by atoms with Gasteiger partial charge in [-0.25, -0.2) is 4.39 Å². The van der Waals surface area contributed by atoms with Crippen molar-refractivity contribution < 1.29 is 4.39 Å². The maximum atomic E-state index is 12.6. The molecule has 0 saturated carbocycles. The van der Waals surface area contributed by atoms with Gasteiger partial charge < -0.3 is 5.32 Å². The van der Waals surface area contributed by atoms with E-state index in [1.54, 1.807) is 6.07 Å². The van der Waals surface area contributed by atoms with Crippen molar-refractivity contribution in [3.8, 4) is 0 Å². The van der Waals surface area contributed by atoms with E-state index >= 15 is 0 Å². The number of nitrogens with one attached hydrogen (secondary N) is 1. The molecule has 1 heterocycles. The van der Waals surface area contributed by atoms with Gasteiger partial charge in [0.25, 0.3) is 0 Å². The molecule has 0 bridgehead atoms. The summed E-state index contributed by atoms with van der Waals surface area (Å²) in [5.74, 6) is -0.279. The number of pyridine rings is 1. The first-order chi connectivity index (χ1) is 6.77. The zero-order valence-corrected chi connectivity index (χ0v) is 8.76. The van der Waals surface area contributed by atoms with Crippen LogP contribution in [0.5, 0.6) is 0 Å². The van der Waals surface area contributed by atoms with Gasteiger partial charge in [-0.3, -0.25) is 4.98 Å². The highest BCUT2D eigenvalue weighted by Gasteiger charge is 2.08. The Labute approximate surface area is 84.6 Å². The van der Waals surface area contributed by atoms with Crippen molar-refractivity contribution in [2.45, 2.75) is 32.7 Å². The number of halogens is 1. The molecule has 1 aromatic rings. The molecule has 3 heteroatoms. The lowest BCUT2D eigenvalue weighted by atomic mass is 10.1. The Morgan fingerprint density at radius 3 is 2.71 bits per heavy atom. The van der Waals surface area contributed by atoms with Gasteiger partial charge >= 0.3 is 0 Å². The minimum Gasteiger partial charge on any atom is -0.309 e. The Bertz CT molecular complexity index is 258. The predicted octanol–water partition coefficient (Wildman–Crippen LogP) is 2.67. The number of hydrogen-bond acceptors (Lipinski definition) is 2. The molecule has 1 N–H and O–H groups in total. The molecule has 0 aromatic carbocycles. The van der Waals surface area contributed by atoms with E-state index in [0.29, 0.717) is 0 Å². The Morgan fingerprint density at radius 1 is 1.43 bits per heavy atom. The second-order valence-corrected chi connectivity index (χ2v) is 3.32. The molecule has 0 radical (unpaired) electrons. The average molecular weight is 196 g/mol. The Kier molecular flexibility index (Phi) is 4.53. The first kappa shape index (κ1) is 11.1. The van der Waals surface area contributed by atoms with E-state index in [1.807, 2.05) is 0 Å². The van der Waals surface area contributed by atoms with Crippen LogP contribution in [0.2, 0.25) is 0 Å². The topological polar surface area (TPSA) is 24.9 Å². The van der Waals surface area contributed by atoms with Crippen molar-refractivity contribution in [3.05, 3.63) is 29.8 Å². The van der Waals surface area contributed by atoms with Crippen molar-refractivity contribution >= 4 is 0 Å². The fourth-order valence-corrected chi connectivity index (χ4v) is 1.37. The second kappa shape index (κ2) is 5.70. The molecule has 0 fully saturated rings. The molecule has 78 valence electrons. The standard InChI is InChI=1S/C11H17FN2/c1-3-7-13-10(4-2)11-6-5-9(12)8-14-11/h5-6,8,10,13H,3-4,7H2,1-2H3. The first-order valence-electron chi connectivity index (χ1n) is 5.12. The molecule has 1 aromatic heterocycles. The third-order valence-electron chi connectivity index (χ3n) is 2.16. The van der Waals surface area contributed by atoms with Crippen LogP contribution in [0.4, 0.5) is 4.39 Å². The van der Waals surface area contributed by atoms with Crippen LogP contribution in [0.25, 0.3) is 0 Å². The summed E-state index contributed by atoms with van der Waals surface area (Å²) in [6.07, 6.45) is 3.34. The van der Waals surface area contributed by atoms with Gasteiger partial charge in [0, 0.05) is 6.04 Å².